The molecule has 1 N–H and O–H groups in total. The van der Waals surface area contributed by atoms with E-state index in [9.17, 15) is 4.79 Å². The van der Waals surface area contributed by atoms with Crippen molar-refractivity contribution in [1.29, 1.82) is 0 Å². The van der Waals surface area contributed by atoms with Crippen LogP contribution in [0.2, 0.25) is 0 Å². The zero-order chi connectivity index (χ0) is 15.1. The molecule has 0 bridgehead atoms. The van der Waals surface area contributed by atoms with Crippen molar-refractivity contribution >= 4 is 5.91 Å². The third kappa shape index (κ3) is 4.83. The van der Waals surface area contributed by atoms with Crippen LogP contribution in [0.5, 0.6) is 0 Å². The lowest BCUT2D eigenvalue weighted by Gasteiger charge is -2.33. The Morgan fingerprint density at radius 3 is 2.57 bits per heavy atom. The zero-order valence-corrected chi connectivity index (χ0v) is 13.2. The van der Waals surface area contributed by atoms with Gasteiger partial charge in [-0.2, -0.15) is 0 Å². The van der Waals surface area contributed by atoms with Crippen molar-refractivity contribution in [2.75, 3.05) is 32.7 Å². The van der Waals surface area contributed by atoms with E-state index >= 15 is 0 Å². The number of hydrogen-bond donors (Lipinski definition) is 1. The van der Waals surface area contributed by atoms with Crippen molar-refractivity contribution in [1.82, 2.24) is 15.1 Å². The maximum Gasteiger partial charge on any atom is 0.237 e. The molecule has 1 amide bonds. The molecule has 0 aliphatic carbocycles. The lowest BCUT2D eigenvalue weighted by molar-refractivity contribution is -0.135. The highest BCUT2D eigenvalue weighted by molar-refractivity contribution is 5.78. The lowest BCUT2D eigenvalue weighted by atomic mass is 10.1. The summed E-state index contributed by atoms with van der Waals surface area (Å²) >= 11 is 0. The maximum atomic E-state index is 12.7. The predicted octanol–water partition coefficient (Wildman–Crippen LogP) is 1.72. The van der Waals surface area contributed by atoms with Crippen LogP contribution in [0.3, 0.4) is 0 Å². The van der Waals surface area contributed by atoms with E-state index in [0.29, 0.717) is 13.1 Å². The first-order valence-corrected chi connectivity index (χ1v) is 7.97. The summed E-state index contributed by atoms with van der Waals surface area (Å²) < 4.78 is 0. The Kier molecular flexibility index (Phi) is 6.21. The summed E-state index contributed by atoms with van der Waals surface area (Å²) in [5, 5.41) is 3.32. The molecule has 1 aromatic rings. The molecular formula is C17H27N3O. The molecule has 2 rings (SSSR count). The van der Waals surface area contributed by atoms with Crippen LogP contribution in [0.1, 0.15) is 25.8 Å². The molecular weight excluding hydrogens is 262 g/mol. The van der Waals surface area contributed by atoms with Gasteiger partial charge in [-0.3, -0.25) is 9.69 Å². The number of carbonyl (C=O) groups is 1. The highest BCUT2D eigenvalue weighted by atomic mass is 16.2. The molecule has 0 saturated carbocycles. The largest absolute Gasteiger partial charge is 0.335 e. The molecule has 1 saturated heterocycles. The number of hydrogen-bond acceptors (Lipinski definition) is 3. The first-order valence-electron chi connectivity index (χ1n) is 7.97. The second kappa shape index (κ2) is 8.15. The summed E-state index contributed by atoms with van der Waals surface area (Å²) in [5.41, 5.74) is 1.20. The fraction of sp³-hybridized carbons (Fsp3) is 0.588. The number of rotatable bonds is 6. The van der Waals surface area contributed by atoms with Crippen molar-refractivity contribution in [3.63, 3.8) is 0 Å². The molecule has 1 heterocycles. The summed E-state index contributed by atoms with van der Waals surface area (Å²) in [7, 11) is 0. The van der Waals surface area contributed by atoms with E-state index < -0.39 is 0 Å². The van der Waals surface area contributed by atoms with Gasteiger partial charge in [0, 0.05) is 38.8 Å². The summed E-state index contributed by atoms with van der Waals surface area (Å²) in [5.74, 6) is 0.245. The molecule has 1 unspecified atom stereocenters. The predicted molar refractivity (Wildman–Crippen MR) is 86.1 cm³/mol. The maximum absolute atomic E-state index is 12.7. The second-order valence-corrected chi connectivity index (χ2v) is 5.79. The number of piperazine rings is 1. The van der Waals surface area contributed by atoms with Gasteiger partial charge < -0.3 is 10.2 Å². The zero-order valence-electron chi connectivity index (χ0n) is 13.2. The topological polar surface area (TPSA) is 35.6 Å². The molecule has 116 valence electrons. The Morgan fingerprint density at radius 1 is 1.29 bits per heavy atom. The monoisotopic (exact) mass is 289 g/mol. The Balaban J connectivity index is 1.99. The van der Waals surface area contributed by atoms with Crippen LogP contribution in [0, 0.1) is 0 Å². The molecule has 0 aromatic heterocycles. The third-order valence-corrected chi connectivity index (χ3v) is 4.21. The Labute approximate surface area is 128 Å². The SMILES string of the molecule is CCC(C)N(Cc1ccccc1)C(=O)CN1CCNCC1. The first kappa shape index (κ1) is 16.0. The summed E-state index contributed by atoms with van der Waals surface area (Å²) in [6.45, 7) is 9.42. The molecule has 4 nitrogen and oxygen atoms in total. The van der Waals surface area contributed by atoms with Gasteiger partial charge in [0.25, 0.3) is 0 Å². The van der Waals surface area contributed by atoms with Crippen molar-refractivity contribution < 1.29 is 4.79 Å². The molecule has 1 aliphatic rings. The van der Waals surface area contributed by atoms with E-state index in [0.717, 1.165) is 32.6 Å². The quantitative estimate of drug-likeness (QED) is 0.866. The van der Waals surface area contributed by atoms with Gasteiger partial charge in [0.05, 0.1) is 6.54 Å². The standard InChI is InChI=1S/C17H27N3O/c1-3-15(2)20(13-16-7-5-4-6-8-16)17(21)14-19-11-9-18-10-12-19/h4-8,15,18H,3,9-14H2,1-2H3. The molecule has 0 spiro atoms. The van der Waals surface area contributed by atoms with Gasteiger partial charge in [0.2, 0.25) is 5.91 Å². The van der Waals surface area contributed by atoms with Crippen molar-refractivity contribution in [2.24, 2.45) is 0 Å². The number of amides is 1. The fourth-order valence-corrected chi connectivity index (χ4v) is 2.64. The summed E-state index contributed by atoms with van der Waals surface area (Å²) in [4.78, 5) is 17.0. The smallest absolute Gasteiger partial charge is 0.237 e. The minimum atomic E-state index is 0.245. The third-order valence-electron chi connectivity index (χ3n) is 4.21. The summed E-state index contributed by atoms with van der Waals surface area (Å²) in [6.07, 6.45) is 0.986. The highest BCUT2D eigenvalue weighted by Crippen LogP contribution is 2.12. The van der Waals surface area contributed by atoms with E-state index in [-0.39, 0.29) is 11.9 Å². The summed E-state index contributed by atoms with van der Waals surface area (Å²) in [6, 6.07) is 10.5. The van der Waals surface area contributed by atoms with E-state index in [1.165, 1.54) is 5.56 Å². The normalized spacial score (nSPS) is 17.4. The van der Waals surface area contributed by atoms with Crippen LogP contribution in [-0.4, -0.2) is 54.5 Å². The highest BCUT2D eigenvalue weighted by Gasteiger charge is 2.22. The van der Waals surface area contributed by atoms with Crippen molar-refractivity contribution in [3.05, 3.63) is 35.9 Å². The molecule has 0 radical (unpaired) electrons. The van der Waals surface area contributed by atoms with Gasteiger partial charge in [-0.25, -0.2) is 0 Å². The van der Waals surface area contributed by atoms with Crippen LogP contribution in [-0.2, 0) is 11.3 Å². The molecule has 1 atom stereocenters. The first-order chi connectivity index (χ1) is 10.2. The van der Waals surface area contributed by atoms with Gasteiger partial charge in [0.15, 0.2) is 0 Å². The molecule has 1 aliphatic heterocycles. The lowest BCUT2D eigenvalue weighted by Crippen LogP contribution is -2.49. The average Bonchev–Trinajstić information content (AvgIpc) is 2.53. The van der Waals surface area contributed by atoms with Crippen molar-refractivity contribution in [3.8, 4) is 0 Å². The molecule has 1 fully saturated rings. The number of nitrogens with one attached hydrogen (secondary N) is 1. The van der Waals surface area contributed by atoms with E-state index in [1.54, 1.807) is 0 Å². The number of nitrogens with zero attached hydrogens (tertiary/aromatic N) is 2. The van der Waals surface area contributed by atoms with Gasteiger partial charge >= 0.3 is 0 Å². The molecule has 1 aromatic carbocycles. The van der Waals surface area contributed by atoms with Crippen LogP contribution >= 0.6 is 0 Å². The van der Waals surface area contributed by atoms with Gasteiger partial charge in [-0.05, 0) is 18.9 Å². The molecule has 21 heavy (non-hydrogen) atoms. The Morgan fingerprint density at radius 2 is 1.95 bits per heavy atom. The van der Waals surface area contributed by atoms with Crippen LogP contribution in [0.4, 0.5) is 0 Å². The van der Waals surface area contributed by atoms with Gasteiger partial charge in [0.1, 0.15) is 0 Å². The van der Waals surface area contributed by atoms with Gasteiger partial charge in [-0.1, -0.05) is 37.3 Å². The minimum Gasteiger partial charge on any atom is -0.335 e. The van der Waals surface area contributed by atoms with E-state index in [4.69, 9.17) is 0 Å². The van der Waals surface area contributed by atoms with Crippen LogP contribution < -0.4 is 5.32 Å². The van der Waals surface area contributed by atoms with Crippen LogP contribution in [0.25, 0.3) is 0 Å². The Bertz CT molecular complexity index is 429. The second-order valence-electron chi connectivity index (χ2n) is 5.79. The minimum absolute atomic E-state index is 0.245. The number of carbonyl (C=O) groups excluding carboxylic acids is 1. The number of benzene rings is 1. The van der Waals surface area contributed by atoms with Gasteiger partial charge in [-0.15, -0.1) is 0 Å². The van der Waals surface area contributed by atoms with Crippen LogP contribution in [0.15, 0.2) is 30.3 Å². The fourth-order valence-electron chi connectivity index (χ4n) is 2.64. The molecule has 4 heteroatoms. The Hall–Kier alpha value is -1.39. The van der Waals surface area contributed by atoms with Crippen molar-refractivity contribution in [2.45, 2.75) is 32.9 Å². The van der Waals surface area contributed by atoms with E-state index in [1.807, 2.05) is 23.1 Å². The average molecular weight is 289 g/mol. The van der Waals surface area contributed by atoms with E-state index in [2.05, 4.69) is 36.2 Å².